The lowest BCUT2D eigenvalue weighted by Gasteiger charge is -2.47. The minimum atomic E-state index is -0.391. The predicted octanol–water partition coefficient (Wildman–Crippen LogP) is 1.48. The Labute approximate surface area is 129 Å². The van der Waals surface area contributed by atoms with Crippen LogP contribution in [-0.2, 0) is 9.47 Å². The Kier molecular flexibility index (Phi) is 4.35. The largest absolute Gasteiger partial charge is 0.450 e. The highest BCUT2D eigenvalue weighted by atomic mass is 16.6. The molecule has 1 spiro atoms. The van der Waals surface area contributed by atoms with Crippen molar-refractivity contribution in [3.05, 3.63) is 12.0 Å². The van der Waals surface area contributed by atoms with Gasteiger partial charge in [-0.1, -0.05) is 0 Å². The maximum atomic E-state index is 12.6. The van der Waals surface area contributed by atoms with Gasteiger partial charge in [0.15, 0.2) is 5.69 Å². The van der Waals surface area contributed by atoms with E-state index in [0.717, 1.165) is 19.4 Å². The summed E-state index contributed by atoms with van der Waals surface area (Å²) in [5.41, 5.74) is -0.123. The van der Waals surface area contributed by atoms with Crippen LogP contribution < -0.4 is 4.74 Å². The fourth-order valence-electron chi connectivity index (χ4n) is 3.13. The topological polar surface area (TPSA) is 74.0 Å². The number of rotatable bonds is 3. The minimum absolute atomic E-state index is 0.0299. The van der Waals surface area contributed by atoms with Gasteiger partial charge in [0.1, 0.15) is 11.9 Å². The summed E-state index contributed by atoms with van der Waals surface area (Å²) in [6, 6.07) is 0. The third-order valence-electron chi connectivity index (χ3n) is 3.95. The fourth-order valence-corrected chi connectivity index (χ4v) is 3.13. The van der Waals surface area contributed by atoms with Gasteiger partial charge in [-0.25, -0.2) is 0 Å². The molecule has 0 N–H and O–H groups in total. The Hall–Kier alpha value is -1.60. The Morgan fingerprint density at radius 2 is 2.45 bits per heavy atom. The maximum Gasteiger partial charge on any atom is 0.394 e. The van der Waals surface area contributed by atoms with Gasteiger partial charge in [-0.2, -0.15) is 4.98 Å². The number of oxazole rings is 1. The fraction of sp³-hybridized carbons (Fsp3) is 0.733. The van der Waals surface area contributed by atoms with E-state index < -0.39 is 5.60 Å². The first-order valence-electron chi connectivity index (χ1n) is 7.75. The highest BCUT2D eigenvalue weighted by Crippen LogP contribution is 2.30. The molecule has 7 nitrogen and oxygen atoms in total. The third kappa shape index (κ3) is 3.10. The number of carbonyl (C=O) groups excluding carboxylic acids is 1. The predicted molar refractivity (Wildman–Crippen MR) is 76.9 cm³/mol. The second-order valence-electron chi connectivity index (χ2n) is 5.88. The number of amides is 1. The molecule has 2 aliphatic heterocycles. The molecule has 0 saturated carbocycles. The van der Waals surface area contributed by atoms with E-state index in [9.17, 15) is 4.79 Å². The van der Waals surface area contributed by atoms with Gasteiger partial charge in [-0.05, 0) is 26.7 Å². The van der Waals surface area contributed by atoms with Crippen molar-refractivity contribution in [1.82, 2.24) is 9.88 Å². The lowest BCUT2D eigenvalue weighted by atomic mass is 9.93. The van der Waals surface area contributed by atoms with Gasteiger partial charge in [0.2, 0.25) is 0 Å². The zero-order valence-electron chi connectivity index (χ0n) is 13.0. The lowest BCUT2D eigenvalue weighted by Crippen LogP contribution is -2.59. The van der Waals surface area contributed by atoms with Crippen LogP contribution in [0.25, 0.3) is 0 Å². The van der Waals surface area contributed by atoms with Crippen molar-refractivity contribution < 1.29 is 23.4 Å². The molecule has 1 aromatic heterocycles. The summed E-state index contributed by atoms with van der Waals surface area (Å²) in [7, 11) is 0. The van der Waals surface area contributed by atoms with Crippen molar-refractivity contribution in [3.63, 3.8) is 0 Å². The van der Waals surface area contributed by atoms with Crippen LogP contribution in [0.1, 0.15) is 37.2 Å². The van der Waals surface area contributed by atoms with E-state index in [2.05, 4.69) is 4.98 Å². The molecule has 7 heteroatoms. The lowest BCUT2D eigenvalue weighted by molar-refractivity contribution is -0.188. The minimum Gasteiger partial charge on any atom is -0.450 e. The number of hydrogen-bond donors (Lipinski definition) is 0. The number of ether oxygens (including phenoxy) is 3. The summed E-state index contributed by atoms with van der Waals surface area (Å²) in [6.07, 6.45) is 3.30. The Bertz CT molecular complexity index is 524. The van der Waals surface area contributed by atoms with Crippen molar-refractivity contribution in [1.29, 1.82) is 0 Å². The summed E-state index contributed by atoms with van der Waals surface area (Å²) < 4.78 is 22.0. The highest BCUT2D eigenvalue weighted by Gasteiger charge is 2.43. The summed E-state index contributed by atoms with van der Waals surface area (Å²) in [6.45, 7) is 6.61. The van der Waals surface area contributed by atoms with E-state index in [1.54, 1.807) is 4.90 Å². The molecule has 0 aliphatic carbocycles. The molecule has 2 unspecified atom stereocenters. The standard InChI is InChI=1S/C15H22N2O5/c1-3-20-14-16-12(8-21-14)13(18)17-7-11(2)22-15(9-17)5-4-6-19-10-15/h8,11H,3-7,9-10H2,1-2H3. The molecule has 3 heterocycles. The van der Waals surface area contributed by atoms with Gasteiger partial charge >= 0.3 is 6.08 Å². The molecular weight excluding hydrogens is 288 g/mol. The van der Waals surface area contributed by atoms with Crippen LogP contribution in [-0.4, -0.2) is 60.4 Å². The first kappa shape index (κ1) is 15.3. The van der Waals surface area contributed by atoms with Crippen molar-refractivity contribution in [2.24, 2.45) is 0 Å². The second kappa shape index (κ2) is 6.26. The van der Waals surface area contributed by atoms with E-state index in [1.807, 2.05) is 13.8 Å². The summed E-state index contributed by atoms with van der Waals surface area (Å²) >= 11 is 0. The Balaban J connectivity index is 1.73. The van der Waals surface area contributed by atoms with Crippen LogP contribution in [0.2, 0.25) is 0 Å². The molecule has 1 aromatic rings. The van der Waals surface area contributed by atoms with E-state index in [4.69, 9.17) is 18.6 Å². The number of carbonyl (C=O) groups is 1. The van der Waals surface area contributed by atoms with Crippen LogP contribution in [0.5, 0.6) is 6.08 Å². The number of morpholine rings is 1. The number of hydrogen-bond acceptors (Lipinski definition) is 6. The summed E-state index contributed by atoms with van der Waals surface area (Å²) in [4.78, 5) is 18.5. The molecule has 0 aromatic carbocycles. The van der Waals surface area contributed by atoms with Gasteiger partial charge in [0.25, 0.3) is 5.91 Å². The second-order valence-corrected chi connectivity index (χ2v) is 5.88. The highest BCUT2D eigenvalue weighted by molar-refractivity contribution is 5.92. The zero-order chi connectivity index (χ0) is 15.6. The Morgan fingerprint density at radius 1 is 1.59 bits per heavy atom. The van der Waals surface area contributed by atoms with Gasteiger partial charge in [0, 0.05) is 13.2 Å². The van der Waals surface area contributed by atoms with E-state index in [0.29, 0.717) is 26.3 Å². The van der Waals surface area contributed by atoms with Gasteiger partial charge < -0.3 is 23.5 Å². The maximum absolute atomic E-state index is 12.6. The molecule has 22 heavy (non-hydrogen) atoms. The summed E-state index contributed by atoms with van der Waals surface area (Å²) in [5, 5.41) is 0. The zero-order valence-corrected chi connectivity index (χ0v) is 13.0. The van der Waals surface area contributed by atoms with Crippen LogP contribution in [0.15, 0.2) is 10.7 Å². The van der Waals surface area contributed by atoms with Crippen molar-refractivity contribution in [2.75, 3.05) is 32.9 Å². The monoisotopic (exact) mass is 310 g/mol. The summed E-state index contributed by atoms with van der Waals surface area (Å²) in [5.74, 6) is -0.158. The molecule has 2 atom stereocenters. The SMILES string of the molecule is CCOc1nc(C(=O)N2CC(C)OC3(CCCOC3)C2)co1. The average Bonchev–Trinajstić information content (AvgIpc) is 2.95. The molecule has 1 amide bonds. The molecule has 2 fully saturated rings. The quantitative estimate of drug-likeness (QED) is 0.842. The number of aromatic nitrogens is 1. The van der Waals surface area contributed by atoms with Gasteiger partial charge in [-0.15, -0.1) is 0 Å². The van der Waals surface area contributed by atoms with Crippen molar-refractivity contribution >= 4 is 5.91 Å². The first-order valence-corrected chi connectivity index (χ1v) is 7.75. The number of nitrogens with zero attached hydrogens (tertiary/aromatic N) is 2. The van der Waals surface area contributed by atoms with Crippen LogP contribution >= 0.6 is 0 Å². The van der Waals surface area contributed by atoms with Gasteiger partial charge in [-0.3, -0.25) is 4.79 Å². The molecule has 2 saturated heterocycles. The van der Waals surface area contributed by atoms with E-state index in [-0.39, 0.29) is 23.8 Å². The Morgan fingerprint density at radius 3 is 3.18 bits per heavy atom. The average molecular weight is 310 g/mol. The van der Waals surface area contributed by atoms with Crippen molar-refractivity contribution in [3.8, 4) is 6.08 Å². The molecule has 3 rings (SSSR count). The normalized spacial score (nSPS) is 28.8. The van der Waals surface area contributed by atoms with Gasteiger partial charge in [0.05, 0.1) is 25.9 Å². The molecular formula is C15H22N2O5. The van der Waals surface area contributed by atoms with E-state index >= 15 is 0 Å². The third-order valence-corrected chi connectivity index (χ3v) is 3.95. The molecule has 2 aliphatic rings. The smallest absolute Gasteiger partial charge is 0.394 e. The molecule has 0 bridgehead atoms. The van der Waals surface area contributed by atoms with Crippen LogP contribution in [0.4, 0.5) is 0 Å². The molecule has 0 radical (unpaired) electrons. The molecule has 122 valence electrons. The van der Waals surface area contributed by atoms with Crippen LogP contribution in [0, 0.1) is 0 Å². The van der Waals surface area contributed by atoms with Crippen LogP contribution in [0.3, 0.4) is 0 Å². The van der Waals surface area contributed by atoms with Crippen molar-refractivity contribution in [2.45, 2.75) is 38.4 Å². The first-order chi connectivity index (χ1) is 10.6. The van der Waals surface area contributed by atoms with E-state index in [1.165, 1.54) is 6.26 Å².